The molecule has 0 amide bonds. The SMILES string of the molecule is C.CC.CC#N.CCC.CN.N.[B].[B].[B]B([B])[B].[B][B].[B][B]B([B])[B].[B][B][B]. The molecule has 0 aromatic carbocycles. The monoisotopic (exact) mass is 355 g/mol. The fourth-order valence-electron chi connectivity index (χ4n) is 0. The molecule has 0 spiro atoms. The van der Waals surface area contributed by atoms with Gasteiger partial charge in [0.15, 0.2) is 0 Å². The number of hydrogen-bond donors (Lipinski definition) is 2. The molecule has 128 valence electrons. The van der Waals surface area contributed by atoms with Crippen LogP contribution in [0.5, 0.6) is 0 Å². The fraction of sp³-hybridized carbons (Fsp3) is 0.889. The van der Waals surface area contributed by atoms with E-state index >= 15 is 0 Å². The smallest absolute Gasteiger partial charge is 0.0587 e. The lowest BCUT2D eigenvalue weighted by Crippen LogP contribution is -2.23. The maximum atomic E-state index is 7.32. The van der Waals surface area contributed by atoms with Gasteiger partial charge in [-0.25, -0.2) is 0 Å². The highest BCUT2D eigenvalue weighted by Crippen LogP contribution is 1.56. The van der Waals surface area contributed by atoms with E-state index in [1.54, 1.807) is 6.07 Å². The minimum absolute atomic E-state index is 0. The first-order valence-corrected chi connectivity index (χ1v) is 7.05. The molecule has 0 atom stereocenters. The zero-order valence-corrected chi connectivity index (χ0v) is 18.2. The van der Waals surface area contributed by atoms with Crippen molar-refractivity contribution < 1.29 is 0 Å². The predicted octanol–water partition coefficient (Wildman–Crippen LogP) is -2.75. The highest BCUT2D eigenvalue weighted by molar-refractivity contribution is 7.60. The molecule has 0 rings (SSSR count). The average Bonchev–Trinajstić information content (AvgIpc) is 2.55. The normalized spacial score (nSPS) is 3.93. The van der Waals surface area contributed by atoms with Crippen LogP contribution in [0.3, 0.4) is 0 Å². The highest BCUT2D eigenvalue weighted by Gasteiger charge is 1.85. The summed E-state index contributed by atoms with van der Waals surface area (Å²) < 4.78 is 0. The Bertz CT molecular complexity index is 136. The van der Waals surface area contributed by atoms with Crippen molar-refractivity contribution in [2.45, 2.75) is 48.5 Å². The largest absolute Gasteiger partial charge is 0.344 e. The summed E-state index contributed by atoms with van der Waals surface area (Å²) in [5.41, 5.74) is 4.50. The molecule has 19 heteroatoms. The van der Waals surface area contributed by atoms with E-state index in [4.69, 9.17) is 28.5 Å². The summed E-state index contributed by atoms with van der Waals surface area (Å²) in [6, 6.07) is 1.75. The van der Waals surface area contributed by atoms with E-state index in [2.05, 4.69) is 73.7 Å². The number of nitrogens with two attached hydrogens (primary N) is 1. The van der Waals surface area contributed by atoms with Crippen LogP contribution in [0.2, 0.25) is 0 Å². The van der Waals surface area contributed by atoms with Gasteiger partial charge >= 0.3 is 0 Å². The molecule has 5 N–H and O–H groups in total. The molecule has 28 radical (unpaired) electrons. The van der Waals surface area contributed by atoms with Gasteiger partial charge in [-0.2, -0.15) is 5.26 Å². The molecule has 0 aliphatic heterocycles. The second-order valence-electron chi connectivity index (χ2n) is 2.47. The number of nitriles is 1. The topological polar surface area (TPSA) is 84.8 Å². The molecular formula is C9H29B16N3. The Kier molecular flexibility index (Phi) is 498. The van der Waals surface area contributed by atoms with Crippen LogP contribution in [0.4, 0.5) is 0 Å². The fourth-order valence-corrected chi connectivity index (χ4v) is 0. The summed E-state index contributed by atoms with van der Waals surface area (Å²) in [6.07, 6.45) is 0.120. The maximum Gasteiger partial charge on any atom is 0.0587 e. The van der Waals surface area contributed by atoms with E-state index < -0.39 is 12.8 Å². The van der Waals surface area contributed by atoms with Gasteiger partial charge < -0.3 is 11.9 Å². The maximum absolute atomic E-state index is 7.32. The Morgan fingerprint density at radius 3 is 0.929 bits per heavy atom. The van der Waals surface area contributed by atoms with Crippen LogP contribution in [-0.4, -0.2) is 128 Å². The van der Waals surface area contributed by atoms with Crippen LogP contribution >= 0.6 is 0 Å². The van der Waals surface area contributed by atoms with Crippen LogP contribution in [-0.2, 0) is 0 Å². The second kappa shape index (κ2) is 176. The molecule has 0 bridgehead atoms. The van der Waals surface area contributed by atoms with Crippen LogP contribution in [0.15, 0.2) is 0 Å². The van der Waals surface area contributed by atoms with Crippen LogP contribution in [0, 0.1) is 11.3 Å². The van der Waals surface area contributed by atoms with E-state index in [0.29, 0.717) is 0 Å². The summed E-state index contributed by atoms with van der Waals surface area (Å²) in [6.45, 7) is 9.68. The van der Waals surface area contributed by atoms with E-state index in [0.717, 1.165) is 7.06 Å². The zero-order chi connectivity index (χ0) is 22.0. The summed E-state index contributed by atoms with van der Waals surface area (Å²) in [5.74, 6) is 0. The Labute approximate surface area is 199 Å². The van der Waals surface area contributed by atoms with Gasteiger partial charge in [-0.1, -0.05) is 41.5 Å². The molecule has 0 aromatic heterocycles. The van der Waals surface area contributed by atoms with Gasteiger partial charge in [0.05, 0.1) is 6.07 Å². The highest BCUT2D eigenvalue weighted by atomic mass is 14.4. The van der Waals surface area contributed by atoms with Crippen molar-refractivity contribution >= 4 is 121 Å². The lowest BCUT2D eigenvalue weighted by atomic mass is 8.97. The third-order valence-corrected chi connectivity index (χ3v) is 0.222. The summed E-state index contributed by atoms with van der Waals surface area (Å²) >= 11 is 0. The predicted molar refractivity (Wildman–Crippen MR) is 153 cm³/mol. The van der Waals surface area contributed by atoms with Crippen molar-refractivity contribution in [1.29, 1.82) is 5.26 Å². The zero-order valence-electron chi connectivity index (χ0n) is 18.2. The lowest BCUT2D eigenvalue weighted by Gasteiger charge is -1.85. The molecule has 0 aromatic rings. The van der Waals surface area contributed by atoms with Crippen molar-refractivity contribution in [3.63, 3.8) is 0 Å². The van der Waals surface area contributed by atoms with E-state index in [1.165, 1.54) is 27.5 Å². The first kappa shape index (κ1) is 79.2. The third-order valence-electron chi connectivity index (χ3n) is 0.222. The standard InChI is InChI=1S/C3H8.C2H3N.C2H6.CH5N.CH4.B5.B4.B3.B2.2B.H3N/c1-3-2;1-2-3;2*1-2;;1-4-5(2)3;1-4(2)3;1-3-2;1-2;;;/h3H2,1-2H3;1H3;1-2H3;2H2,1H3;1H4;;;;;;;1H3. The van der Waals surface area contributed by atoms with Crippen molar-refractivity contribution in [3.05, 3.63) is 0 Å². The minimum Gasteiger partial charge on any atom is -0.344 e. The van der Waals surface area contributed by atoms with Gasteiger partial charge in [-0.15, -0.1) is 0 Å². The van der Waals surface area contributed by atoms with Crippen LogP contribution in [0.1, 0.15) is 48.5 Å². The molecule has 0 aliphatic carbocycles. The first-order chi connectivity index (χ1) is 11.2. The number of hydrogen-bond acceptors (Lipinski definition) is 3. The molecule has 0 heterocycles. The van der Waals surface area contributed by atoms with Crippen LogP contribution in [0.25, 0.3) is 0 Å². The summed E-state index contributed by atoms with van der Waals surface area (Å²) in [4.78, 5) is 0. The Balaban J connectivity index is -0.0000000105. The second-order valence-corrected chi connectivity index (χ2v) is 2.47. The Morgan fingerprint density at radius 1 is 0.893 bits per heavy atom. The van der Waals surface area contributed by atoms with Gasteiger partial charge in [0.1, 0.15) is 0 Å². The number of nitrogens with zero attached hydrogens (tertiary/aromatic N) is 1. The molecule has 28 heavy (non-hydrogen) atoms. The van der Waals surface area contributed by atoms with Crippen molar-refractivity contribution in [3.8, 4) is 6.07 Å². The van der Waals surface area contributed by atoms with Gasteiger partial charge in [-0.05, 0) is 7.05 Å². The minimum atomic E-state index is -0.667. The van der Waals surface area contributed by atoms with E-state index in [-0.39, 0.29) is 30.4 Å². The van der Waals surface area contributed by atoms with Gasteiger partial charge in [-0.3, -0.25) is 0 Å². The molecular weight excluding hydrogens is 323 g/mol. The Hall–Kier alpha value is 0.449. The van der Waals surface area contributed by atoms with Crippen LogP contribution < -0.4 is 11.9 Å². The third kappa shape index (κ3) is 2860. The van der Waals surface area contributed by atoms with Crippen molar-refractivity contribution in [2.75, 3.05) is 7.05 Å². The van der Waals surface area contributed by atoms with E-state index in [9.17, 15) is 0 Å². The molecule has 0 saturated carbocycles. The van der Waals surface area contributed by atoms with Crippen molar-refractivity contribution in [1.82, 2.24) is 6.15 Å². The molecule has 0 unspecified atom stereocenters. The Morgan fingerprint density at radius 2 is 0.929 bits per heavy atom. The van der Waals surface area contributed by atoms with Crippen molar-refractivity contribution in [2.24, 2.45) is 5.73 Å². The van der Waals surface area contributed by atoms with Gasteiger partial charge in [0, 0.05) is 128 Å². The molecule has 3 nitrogen and oxygen atoms in total. The van der Waals surface area contributed by atoms with Gasteiger partial charge in [0.2, 0.25) is 0 Å². The average molecular weight is 352 g/mol. The molecule has 0 saturated heterocycles. The van der Waals surface area contributed by atoms with E-state index in [1.807, 2.05) is 13.8 Å². The lowest BCUT2D eigenvalue weighted by molar-refractivity contribution is 1.09. The molecule has 0 fully saturated rings. The number of rotatable bonds is 1. The summed E-state index contributed by atoms with van der Waals surface area (Å²) in [7, 11) is 49.3. The molecule has 0 aliphatic rings. The first-order valence-electron chi connectivity index (χ1n) is 7.05. The summed E-state index contributed by atoms with van der Waals surface area (Å²) in [5, 5.41) is 7.32. The quantitative estimate of drug-likeness (QED) is 0.502. The van der Waals surface area contributed by atoms with Gasteiger partial charge in [0.25, 0.3) is 0 Å².